The molecule has 0 aliphatic carbocycles. The minimum atomic E-state index is -0.839. The Hall–Kier alpha value is -2.11. The van der Waals surface area contributed by atoms with Gasteiger partial charge in [0.2, 0.25) is 0 Å². The molecule has 3 rings (SSSR count). The van der Waals surface area contributed by atoms with Crippen LogP contribution in [-0.2, 0) is 0 Å². The number of carboxylic acid groups (broad SMARTS) is 1. The quantitative estimate of drug-likeness (QED) is 0.861. The van der Waals surface area contributed by atoms with Crippen molar-refractivity contribution in [2.75, 3.05) is 4.90 Å². The van der Waals surface area contributed by atoms with Gasteiger partial charge in [-0.3, -0.25) is 4.79 Å². The highest BCUT2D eigenvalue weighted by Crippen LogP contribution is 2.41. The Balaban J connectivity index is 1.81. The third-order valence-corrected chi connectivity index (χ3v) is 5.17. The maximum absolute atomic E-state index is 11.8. The van der Waals surface area contributed by atoms with E-state index in [0.717, 1.165) is 37.8 Å². The number of carbonyl (C=O) groups is 2. The highest BCUT2D eigenvalue weighted by Gasteiger charge is 2.46. The number of aromatic nitrogens is 1. The Morgan fingerprint density at radius 1 is 1.29 bits per heavy atom. The number of fused-ring (bicyclic) bond motifs is 2. The summed E-state index contributed by atoms with van der Waals surface area (Å²) in [5.41, 5.74) is 0.174. The van der Waals surface area contributed by atoms with Gasteiger partial charge in [-0.2, -0.15) is 0 Å². The van der Waals surface area contributed by atoms with E-state index in [9.17, 15) is 14.7 Å². The zero-order valence-corrected chi connectivity index (χ0v) is 14.5. The molecule has 3 atom stereocenters. The number of carbonyl (C=O) groups excluding carboxylic acids is 1. The largest absolute Gasteiger partial charge is 0.465 e. The topological polar surface area (TPSA) is 73.7 Å². The predicted octanol–water partition coefficient (Wildman–Crippen LogP) is 3.17. The maximum Gasteiger partial charge on any atom is 0.407 e. The first-order valence-corrected chi connectivity index (χ1v) is 8.53. The van der Waals surface area contributed by atoms with E-state index in [-0.39, 0.29) is 6.04 Å². The lowest BCUT2D eigenvalue weighted by Crippen LogP contribution is -2.57. The minimum absolute atomic E-state index is 0.0468. The summed E-state index contributed by atoms with van der Waals surface area (Å²) in [6.45, 7) is 5.86. The second kappa shape index (κ2) is 6.07. The minimum Gasteiger partial charge on any atom is -0.465 e. The summed E-state index contributed by atoms with van der Waals surface area (Å²) >= 11 is 0. The van der Waals surface area contributed by atoms with Gasteiger partial charge >= 0.3 is 6.09 Å². The van der Waals surface area contributed by atoms with E-state index < -0.39 is 11.6 Å². The Bertz CT molecular complexity index is 609. The molecule has 2 bridgehead atoms. The van der Waals surface area contributed by atoms with Gasteiger partial charge in [-0.1, -0.05) is 0 Å². The molecule has 0 saturated carbocycles. The Morgan fingerprint density at radius 2 is 1.92 bits per heavy atom. The summed E-state index contributed by atoms with van der Waals surface area (Å²) in [4.78, 5) is 30.9. The Kier molecular flexibility index (Phi) is 4.24. The van der Waals surface area contributed by atoms with E-state index in [1.165, 1.54) is 0 Å². The van der Waals surface area contributed by atoms with Gasteiger partial charge in [0.15, 0.2) is 6.29 Å². The molecule has 0 unspecified atom stereocenters. The molecule has 2 aliphatic rings. The van der Waals surface area contributed by atoms with Crippen LogP contribution in [0.4, 0.5) is 10.6 Å². The molecule has 6 heteroatoms. The third kappa shape index (κ3) is 2.97. The van der Waals surface area contributed by atoms with Crippen molar-refractivity contribution in [3.63, 3.8) is 0 Å². The fourth-order valence-corrected chi connectivity index (χ4v) is 4.34. The van der Waals surface area contributed by atoms with E-state index in [0.29, 0.717) is 17.6 Å². The molecule has 1 N–H and O–H groups in total. The molecule has 1 aromatic rings. The summed E-state index contributed by atoms with van der Waals surface area (Å²) in [5.74, 6) is 0.893. The zero-order chi connectivity index (χ0) is 17.5. The first-order chi connectivity index (χ1) is 11.3. The van der Waals surface area contributed by atoms with Gasteiger partial charge in [0, 0.05) is 35.4 Å². The molecule has 3 heterocycles. The smallest absolute Gasteiger partial charge is 0.407 e. The van der Waals surface area contributed by atoms with E-state index in [4.69, 9.17) is 0 Å². The Labute approximate surface area is 142 Å². The number of amides is 1. The maximum atomic E-state index is 11.8. The summed E-state index contributed by atoms with van der Waals surface area (Å²) in [7, 11) is 0. The number of hydrogen-bond acceptors (Lipinski definition) is 4. The summed E-state index contributed by atoms with van der Waals surface area (Å²) in [6, 6.07) is 4.36. The number of pyridine rings is 1. The first kappa shape index (κ1) is 16.7. The van der Waals surface area contributed by atoms with Crippen molar-refractivity contribution >= 4 is 18.2 Å². The molecule has 0 aromatic carbocycles. The van der Waals surface area contributed by atoms with Crippen molar-refractivity contribution in [2.45, 2.75) is 70.1 Å². The normalized spacial score (nSPS) is 26.3. The van der Waals surface area contributed by atoms with Crippen LogP contribution in [0.3, 0.4) is 0 Å². The molecular weight excluding hydrogens is 306 g/mol. The standard InChI is InChI=1S/C18H25N3O3/c1-18(2,3)21(17(23)24)15-8-13-5-6-14(9-15)20(13)16-7-4-12(11-22)10-19-16/h4,7,10-11,13-15H,5-6,8-9H2,1-3H3,(H,23,24)/t13-,14+,15+. The number of hydrogen-bond donors (Lipinski definition) is 1. The van der Waals surface area contributed by atoms with Gasteiger partial charge in [0.1, 0.15) is 5.82 Å². The Morgan fingerprint density at radius 3 is 2.33 bits per heavy atom. The van der Waals surface area contributed by atoms with Crippen LogP contribution in [0.1, 0.15) is 56.8 Å². The number of piperidine rings is 1. The molecular formula is C18H25N3O3. The van der Waals surface area contributed by atoms with Gasteiger partial charge in [-0.15, -0.1) is 0 Å². The predicted molar refractivity (Wildman–Crippen MR) is 91.6 cm³/mol. The first-order valence-electron chi connectivity index (χ1n) is 8.53. The molecule has 2 saturated heterocycles. The number of nitrogens with zero attached hydrogens (tertiary/aromatic N) is 3. The van der Waals surface area contributed by atoms with Gasteiger partial charge < -0.3 is 14.9 Å². The van der Waals surface area contributed by atoms with Crippen LogP contribution in [-0.4, -0.2) is 51.0 Å². The van der Waals surface area contributed by atoms with E-state index in [1.54, 1.807) is 17.2 Å². The van der Waals surface area contributed by atoms with Gasteiger partial charge in [0.25, 0.3) is 0 Å². The van der Waals surface area contributed by atoms with E-state index >= 15 is 0 Å². The molecule has 2 fully saturated rings. The van der Waals surface area contributed by atoms with Crippen LogP contribution in [0.5, 0.6) is 0 Å². The van der Waals surface area contributed by atoms with Crippen molar-refractivity contribution in [1.82, 2.24) is 9.88 Å². The van der Waals surface area contributed by atoms with Crippen LogP contribution >= 0.6 is 0 Å². The lowest BCUT2D eigenvalue weighted by atomic mass is 9.92. The molecule has 6 nitrogen and oxygen atoms in total. The van der Waals surface area contributed by atoms with Crippen LogP contribution in [0, 0.1) is 0 Å². The summed E-state index contributed by atoms with van der Waals surface area (Å²) in [6.07, 6.45) is 5.35. The average molecular weight is 331 g/mol. The third-order valence-electron chi connectivity index (χ3n) is 5.17. The number of anilines is 1. The fraction of sp³-hybridized carbons (Fsp3) is 0.611. The zero-order valence-electron chi connectivity index (χ0n) is 14.5. The summed E-state index contributed by atoms with van der Waals surface area (Å²) < 4.78 is 0. The average Bonchev–Trinajstić information content (AvgIpc) is 2.76. The number of rotatable bonds is 3. The van der Waals surface area contributed by atoms with Crippen molar-refractivity contribution < 1.29 is 14.7 Å². The number of aldehydes is 1. The monoisotopic (exact) mass is 331 g/mol. The molecule has 130 valence electrons. The lowest BCUT2D eigenvalue weighted by Gasteiger charge is -2.47. The van der Waals surface area contributed by atoms with Crippen LogP contribution < -0.4 is 4.90 Å². The van der Waals surface area contributed by atoms with Gasteiger partial charge in [-0.25, -0.2) is 9.78 Å². The highest BCUT2D eigenvalue weighted by molar-refractivity contribution is 5.74. The SMILES string of the molecule is CC(C)(C)N(C(=O)O)[C@H]1C[C@H]2CC[C@@H](C1)N2c1ccc(C=O)cn1. The van der Waals surface area contributed by atoms with Crippen LogP contribution in [0.15, 0.2) is 18.3 Å². The second-order valence-corrected chi connectivity index (χ2v) is 7.81. The van der Waals surface area contributed by atoms with Crippen molar-refractivity contribution in [3.8, 4) is 0 Å². The van der Waals surface area contributed by atoms with E-state index in [1.807, 2.05) is 26.8 Å². The molecule has 2 aliphatic heterocycles. The second-order valence-electron chi connectivity index (χ2n) is 7.81. The molecule has 24 heavy (non-hydrogen) atoms. The van der Waals surface area contributed by atoms with E-state index in [2.05, 4.69) is 9.88 Å². The molecule has 1 amide bonds. The van der Waals surface area contributed by atoms with Gasteiger partial charge in [-0.05, 0) is 58.6 Å². The van der Waals surface area contributed by atoms with Crippen LogP contribution in [0.25, 0.3) is 0 Å². The van der Waals surface area contributed by atoms with Crippen molar-refractivity contribution in [1.29, 1.82) is 0 Å². The molecule has 0 spiro atoms. The highest BCUT2D eigenvalue weighted by atomic mass is 16.4. The molecule has 1 aromatic heterocycles. The van der Waals surface area contributed by atoms with Crippen molar-refractivity contribution in [2.24, 2.45) is 0 Å². The fourth-order valence-electron chi connectivity index (χ4n) is 4.34. The lowest BCUT2D eigenvalue weighted by molar-refractivity contribution is 0.0558. The van der Waals surface area contributed by atoms with Gasteiger partial charge in [0.05, 0.1) is 0 Å². The van der Waals surface area contributed by atoms with Crippen molar-refractivity contribution in [3.05, 3.63) is 23.9 Å². The molecule has 0 radical (unpaired) electrons. The van der Waals surface area contributed by atoms with Crippen LogP contribution in [0.2, 0.25) is 0 Å². The summed E-state index contributed by atoms with van der Waals surface area (Å²) in [5, 5.41) is 9.66.